The topological polar surface area (TPSA) is 26.0 Å². The molecule has 0 rings (SSSR count). The minimum Gasteiger partial charge on any atom is -0.326 e. The number of rotatable bonds is 3. The molecular weight excluding hydrogens is 134 g/mol. The quantitative estimate of drug-likeness (QED) is 0.618. The summed E-state index contributed by atoms with van der Waals surface area (Å²) in [6.45, 7) is 8.40. The highest BCUT2D eigenvalue weighted by molar-refractivity contribution is 5.00. The van der Waals surface area contributed by atoms with E-state index in [1.54, 1.807) is 0 Å². The molecule has 0 aromatic rings. The van der Waals surface area contributed by atoms with Gasteiger partial charge in [0.2, 0.25) is 0 Å². The molecule has 0 amide bonds. The molecule has 0 spiro atoms. The van der Waals surface area contributed by atoms with Gasteiger partial charge in [-0.1, -0.05) is 20.8 Å². The second-order valence-corrected chi connectivity index (χ2v) is 3.58. The van der Waals surface area contributed by atoms with Crippen molar-refractivity contribution >= 4 is 0 Å². The van der Waals surface area contributed by atoms with Crippen LogP contribution in [0.4, 0.5) is 0 Å². The molecule has 0 aliphatic heterocycles. The molecule has 64 valence electrons. The molecule has 0 aliphatic carbocycles. The third kappa shape index (κ3) is 3.43. The van der Waals surface area contributed by atoms with E-state index < -0.39 is 0 Å². The maximum atomic E-state index is 5.95. The van der Waals surface area contributed by atoms with Gasteiger partial charge in [-0.15, -0.1) is 11.8 Å². The molecule has 0 fully saturated rings. The summed E-state index contributed by atoms with van der Waals surface area (Å²) < 4.78 is 0. The summed E-state index contributed by atoms with van der Waals surface area (Å²) >= 11 is 0. The standard InChI is InChI=1S/C10H19N/c1-5-7-8-9(11)10(3,4)6-2/h9H,6,8,11H2,1-4H3. The van der Waals surface area contributed by atoms with Crippen LogP contribution in [0.25, 0.3) is 0 Å². The fourth-order valence-corrected chi connectivity index (χ4v) is 0.751. The van der Waals surface area contributed by atoms with Crippen molar-refractivity contribution in [2.45, 2.75) is 46.6 Å². The summed E-state index contributed by atoms with van der Waals surface area (Å²) in [5, 5.41) is 0. The van der Waals surface area contributed by atoms with Crippen molar-refractivity contribution < 1.29 is 0 Å². The predicted molar refractivity (Wildman–Crippen MR) is 50.1 cm³/mol. The average molecular weight is 153 g/mol. The van der Waals surface area contributed by atoms with Crippen LogP contribution >= 0.6 is 0 Å². The summed E-state index contributed by atoms with van der Waals surface area (Å²) in [5.41, 5.74) is 6.17. The van der Waals surface area contributed by atoms with Gasteiger partial charge in [-0.25, -0.2) is 0 Å². The molecule has 1 atom stereocenters. The van der Waals surface area contributed by atoms with Gasteiger partial charge in [0.25, 0.3) is 0 Å². The van der Waals surface area contributed by atoms with Gasteiger partial charge in [0.05, 0.1) is 0 Å². The van der Waals surface area contributed by atoms with Crippen molar-refractivity contribution in [3.05, 3.63) is 0 Å². The first-order valence-electron chi connectivity index (χ1n) is 4.19. The Labute approximate surface area is 70.4 Å². The lowest BCUT2D eigenvalue weighted by Crippen LogP contribution is -2.36. The Morgan fingerprint density at radius 1 is 1.45 bits per heavy atom. The fourth-order valence-electron chi connectivity index (χ4n) is 0.751. The van der Waals surface area contributed by atoms with E-state index in [-0.39, 0.29) is 11.5 Å². The summed E-state index contributed by atoms with van der Waals surface area (Å²) in [4.78, 5) is 0. The number of nitrogens with two attached hydrogens (primary N) is 1. The van der Waals surface area contributed by atoms with E-state index in [4.69, 9.17) is 5.73 Å². The third-order valence-electron chi connectivity index (χ3n) is 2.41. The van der Waals surface area contributed by atoms with Crippen LogP contribution in [-0.4, -0.2) is 6.04 Å². The maximum Gasteiger partial charge on any atom is 0.0246 e. The molecule has 0 aromatic heterocycles. The van der Waals surface area contributed by atoms with Crippen LogP contribution < -0.4 is 5.73 Å². The van der Waals surface area contributed by atoms with E-state index in [0.29, 0.717) is 0 Å². The van der Waals surface area contributed by atoms with Crippen LogP contribution in [0.2, 0.25) is 0 Å². The van der Waals surface area contributed by atoms with Gasteiger partial charge in [0.15, 0.2) is 0 Å². The monoisotopic (exact) mass is 153 g/mol. The van der Waals surface area contributed by atoms with Crippen LogP contribution in [-0.2, 0) is 0 Å². The molecular formula is C10H19N. The van der Waals surface area contributed by atoms with Crippen molar-refractivity contribution in [2.75, 3.05) is 0 Å². The molecule has 0 heterocycles. The molecule has 0 saturated carbocycles. The van der Waals surface area contributed by atoms with Crippen molar-refractivity contribution in [2.24, 2.45) is 11.1 Å². The summed E-state index contributed by atoms with van der Waals surface area (Å²) in [6.07, 6.45) is 1.93. The van der Waals surface area contributed by atoms with E-state index in [1.165, 1.54) is 0 Å². The van der Waals surface area contributed by atoms with Crippen molar-refractivity contribution in [3.8, 4) is 11.8 Å². The zero-order chi connectivity index (χ0) is 8.91. The van der Waals surface area contributed by atoms with Gasteiger partial charge in [-0.2, -0.15) is 0 Å². The zero-order valence-electron chi connectivity index (χ0n) is 8.07. The first kappa shape index (κ1) is 10.5. The molecule has 0 radical (unpaired) electrons. The Kier molecular flexibility index (Phi) is 4.22. The molecule has 1 unspecified atom stereocenters. The van der Waals surface area contributed by atoms with Crippen molar-refractivity contribution in [1.82, 2.24) is 0 Å². The van der Waals surface area contributed by atoms with Crippen LogP contribution in [0.1, 0.15) is 40.5 Å². The molecule has 0 aromatic carbocycles. The highest BCUT2D eigenvalue weighted by Crippen LogP contribution is 2.24. The largest absolute Gasteiger partial charge is 0.326 e. The Hall–Kier alpha value is -0.480. The van der Waals surface area contributed by atoms with E-state index in [0.717, 1.165) is 12.8 Å². The minimum absolute atomic E-state index is 0.208. The van der Waals surface area contributed by atoms with Crippen LogP contribution in [0.3, 0.4) is 0 Å². The van der Waals surface area contributed by atoms with E-state index in [2.05, 4.69) is 32.6 Å². The van der Waals surface area contributed by atoms with Crippen LogP contribution in [0.5, 0.6) is 0 Å². The molecule has 0 aliphatic rings. The predicted octanol–water partition coefficient (Wildman–Crippen LogP) is 2.16. The van der Waals surface area contributed by atoms with Gasteiger partial charge in [-0.05, 0) is 18.8 Å². The van der Waals surface area contributed by atoms with E-state index in [9.17, 15) is 0 Å². The Morgan fingerprint density at radius 2 is 2.00 bits per heavy atom. The molecule has 1 heteroatoms. The normalized spacial score (nSPS) is 13.5. The number of hydrogen-bond acceptors (Lipinski definition) is 1. The molecule has 0 saturated heterocycles. The average Bonchev–Trinajstić information content (AvgIpc) is 2.00. The fraction of sp³-hybridized carbons (Fsp3) is 0.800. The van der Waals surface area contributed by atoms with Crippen LogP contribution in [0, 0.1) is 17.3 Å². The first-order valence-corrected chi connectivity index (χ1v) is 4.19. The molecule has 2 N–H and O–H groups in total. The smallest absolute Gasteiger partial charge is 0.0246 e. The van der Waals surface area contributed by atoms with Gasteiger partial charge < -0.3 is 5.73 Å². The lowest BCUT2D eigenvalue weighted by atomic mass is 9.81. The number of hydrogen-bond donors (Lipinski definition) is 1. The summed E-state index contributed by atoms with van der Waals surface area (Å²) in [5.74, 6) is 5.88. The minimum atomic E-state index is 0.208. The van der Waals surface area contributed by atoms with Crippen LogP contribution in [0.15, 0.2) is 0 Å². The van der Waals surface area contributed by atoms with Gasteiger partial charge in [-0.3, -0.25) is 0 Å². The second kappa shape index (κ2) is 4.41. The lowest BCUT2D eigenvalue weighted by molar-refractivity contribution is 0.277. The highest BCUT2D eigenvalue weighted by atomic mass is 14.7. The second-order valence-electron chi connectivity index (χ2n) is 3.58. The SMILES string of the molecule is CC#CCC(N)C(C)(C)CC. The first-order chi connectivity index (χ1) is 5.04. The van der Waals surface area contributed by atoms with Gasteiger partial charge in [0, 0.05) is 12.5 Å². The summed E-state index contributed by atoms with van der Waals surface area (Å²) in [7, 11) is 0. The Balaban J connectivity index is 3.97. The van der Waals surface area contributed by atoms with E-state index >= 15 is 0 Å². The highest BCUT2D eigenvalue weighted by Gasteiger charge is 2.22. The Morgan fingerprint density at radius 3 is 2.36 bits per heavy atom. The molecule has 0 bridgehead atoms. The molecule has 11 heavy (non-hydrogen) atoms. The van der Waals surface area contributed by atoms with Crippen molar-refractivity contribution in [1.29, 1.82) is 0 Å². The third-order valence-corrected chi connectivity index (χ3v) is 2.41. The summed E-state index contributed by atoms with van der Waals surface area (Å²) in [6, 6.07) is 0.208. The van der Waals surface area contributed by atoms with E-state index in [1.807, 2.05) is 6.92 Å². The van der Waals surface area contributed by atoms with Gasteiger partial charge >= 0.3 is 0 Å². The molecule has 1 nitrogen and oxygen atoms in total. The maximum absolute atomic E-state index is 5.95. The van der Waals surface area contributed by atoms with Crippen molar-refractivity contribution in [3.63, 3.8) is 0 Å². The zero-order valence-corrected chi connectivity index (χ0v) is 8.07. The Bertz CT molecular complexity index is 159. The van der Waals surface area contributed by atoms with Gasteiger partial charge in [0.1, 0.15) is 0 Å². The lowest BCUT2D eigenvalue weighted by Gasteiger charge is -2.28.